The van der Waals surface area contributed by atoms with Crippen LogP contribution in [0.25, 0.3) is 0 Å². The summed E-state index contributed by atoms with van der Waals surface area (Å²) in [5.41, 5.74) is 5.95. The van der Waals surface area contributed by atoms with Gasteiger partial charge in [0.1, 0.15) is 18.1 Å². The summed E-state index contributed by atoms with van der Waals surface area (Å²) in [6.45, 7) is -0.923. The third-order valence-corrected chi connectivity index (χ3v) is 4.69. The molecule has 10 N–H and O–H groups in total. The van der Waals surface area contributed by atoms with E-state index < -0.39 is 85.7 Å². The lowest BCUT2D eigenvalue weighted by molar-refractivity contribution is -0.143. The van der Waals surface area contributed by atoms with Gasteiger partial charge in [-0.05, 0) is 12.8 Å². The zero-order chi connectivity index (χ0) is 26.5. The molecule has 1 aromatic rings. The lowest BCUT2D eigenvalue weighted by Gasteiger charge is -2.24. The van der Waals surface area contributed by atoms with Crippen molar-refractivity contribution in [3.8, 4) is 0 Å². The van der Waals surface area contributed by atoms with E-state index in [4.69, 9.17) is 15.9 Å². The third-order valence-electron chi connectivity index (χ3n) is 4.69. The maximum atomic E-state index is 12.7. The van der Waals surface area contributed by atoms with Crippen molar-refractivity contribution in [2.45, 2.75) is 56.3 Å². The normalized spacial score (nSPS) is 14.1. The molecule has 0 bridgehead atoms. The number of imidazole rings is 1. The Balaban J connectivity index is 2.88. The summed E-state index contributed by atoms with van der Waals surface area (Å²) >= 11 is 0. The number of aromatic nitrogens is 2. The van der Waals surface area contributed by atoms with Gasteiger partial charge in [-0.15, -0.1) is 0 Å². The maximum absolute atomic E-state index is 12.7. The van der Waals surface area contributed by atoms with Crippen molar-refractivity contribution < 1.29 is 49.2 Å². The smallest absolute Gasteiger partial charge is 0.326 e. The van der Waals surface area contributed by atoms with Crippen LogP contribution in [0, 0.1) is 0 Å². The molecule has 194 valence electrons. The highest BCUT2D eigenvalue weighted by molar-refractivity contribution is 5.94. The number of hydrogen-bond acceptors (Lipinski definition) is 9. The Morgan fingerprint density at radius 3 is 1.91 bits per heavy atom. The SMILES string of the molecule is NC(CCC(=O)O)C(=O)NC(CO)C(=O)NC(CCC(=O)O)C(=O)NC(Cc1cnc[nH]1)C(=O)O. The predicted octanol–water partition coefficient (Wildman–Crippen LogP) is -3.46. The first-order chi connectivity index (χ1) is 16.4. The molecule has 0 aliphatic heterocycles. The molecule has 16 heteroatoms. The van der Waals surface area contributed by atoms with Crippen LogP contribution in [0.2, 0.25) is 0 Å². The van der Waals surface area contributed by atoms with E-state index >= 15 is 0 Å². The minimum absolute atomic E-state index is 0.176. The minimum atomic E-state index is -1.60. The van der Waals surface area contributed by atoms with Crippen LogP contribution in [0.4, 0.5) is 0 Å². The quantitative estimate of drug-likeness (QED) is 0.107. The van der Waals surface area contributed by atoms with Crippen molar-refractivity contribution >= 4 is 35.6 Å². The summed E-state index contributed by atoms with van der Waals surface area (Å²) in [7, 11) is 0. The van der Waals surface area contributed by atoms with Gasteiger partial charge in [-0.25, -0.2) is 9.78 Å². The van der Waals surface area contributed by atoms with Crippen LogP contribution in [0.15, 0.2) is 12.5 Å². The topological polar surface area (TPSA) is 274 Å². The van der Waals surface area contributed by atoms with E-state index in [1.165, 1.54) is 12.5 Å². The first-order valence-corrected chi connectivity index (χ1v) is 10.4. The van der Waals surface area contributed by atoms with Gasteiger partial charge in [0, 0.05) is 31.2 Å². The fourth-order valence-corrected chi connectivity index (χ4v) is 2.78. The molecule has 4 atom stereocenters. The average Bonchev–Trinajstić information content (AvgIpc) is 3.30. The van der Waals surface area contributed by atoms with Gasteiger partial charge in [-0.3, -0.25) is 24.0 Å². The molecule has 0 aromatic carbocycles. The number of aliphatic hydroxyl groups excluding tert-OH is 1. The van der Waals surface area contributed by atoms with E-state index in [9.17, 15) is 39.0 Å². The van der Waals surface area contributed by atoms with Crippen LogP contribution < -0.4 is 21.7 Å². The molecule has 0 saturated carbocycles. The number of aliphatic carboxylic acids is 3. The molecule has 35 heavy (non-hydrogen) atoms. The molecular formula is C19H28N6O10. The summed E-state index contributed by atoms with van der Waals surface area (Å²) in [5, 5.41) is 43.0. The summed E-state index contributed by atoms with van der Waals surface area (Å²) in [5.74, 6) is -6.89. The van der Waals surface area contributed by atoms with E-state index in [1.807, 2.05) is 0 Å². The van der Waals surface area contributed by atoms with E-state index in [2.05, 4.69) is 25.9 Å². The number of carboxylic acids is 3. The number of H-pyrrole nitrogens is 1. The lowest BCUT2D eigenvalue weighted by atomic mass is 10.1. The monoisotopic (exact) mass is 500 g/mol. The van der Waals surface area contributed by atoms with Gasteiger partial charge in [0.25, 0.3) is 0 Å². The highest BCUT2D eigenvalue weighted by Gasteiger charge is 2.30. The van der Waals surface area contributed by atoms with Gasteiger partial charge >= 0.3 is 17.9 Å². The number of carbonyl (C=O) groups is 6. The lowest BCUT2D eigenvalue weighted by Crippen LogP contribution is -2.58. The Kier molecular flexibility index (Phi) is 11.8. The number of aromatic amines is 1. The second kappa shape index (κ2) is 14.3. The van der Waals surface area contributed by atoms with E-state index in [1.54, 1.807) is 0 Å². The fraction of sp³-hybridized carbons (Fsp3) is 0.526. The van der Waals surface area contributed by atoms with Gasteiger partial charge in [0.2, 0.25) is 17.7 Å². The van der Waals surface area contributed by atoms with Gasteiger partial charge in [-0.1, -0.05) is 0 Å². The maximum Gasteiger partial charge on any atom is 0.326 e. The van der Waals surface area contributed by atoms with Crippen molar-refractivity contribution in [3.63, 3.8) is 0 Å². The molecule has 1 aromatic heterocycles. The van der Waals surface area contributed by atoms with Crippen molar-refractivity contribution in [1.29, 1.82) is 0 Å². The molecule has 0 saturated heterocycles. The summed E-state index contributed by atoms with van der Waals surface area (Å²) < 4.78 is 0. The average molecular weight is 500 g/mol. The number of rotatable bonds is 16. The number of nitrogens with zero attached hydrogens (tertiary/aromatic N) is 1. The van der Waals surface area contributed by atoms with Crippen molar-refractivity contribution in [2.24, 2.45) is 5.73 Å². The molecule has 0 spiro atoms. The molecule has 3 amide bonds. The molecule has 0 aliphatic carbocycles. The predicted molar refractivity (Wildman–Crippen MR) is 115 cm³/mol. The Morgan fingerprint density at radius 2 is 1.40 bits per heavy atom. The standard InChI is InChI=1S/C19H28N6O10/c20-10(1-3-14(27)28)16(31)25-13(7-26)18(33)23-11(2-4-15(29)30)17(32)24-12(19(34)35)5-9-6-21-8-22-9/h6,8,10-13,26H,1-5,7,20H2,(H,21,22)(H,23,33)(H,24,32)(H,25,31)(H,27,28)(H,29,30)(H,34,35). The molecule has 0 aliphatic rings. The Hall–Kier alpha value is -4.05. The second-order valence-corrected chi connectivity index (χ2v) is 7.46. The highest BCUT2D eigenvalue weighted by atomic mass is 16.4. The molecule has 4 unspecified atom stereocenters. The summed E-state index contributed by atoms with van der Waals surface area (Å²) in [6, 6.07) is -5.85. The van der Waals surface area contributed by atoms with Crippen molar-refractivity contribution in [1.82, 2.24) is 25.9 Å². The molecular weight excluding hydrogens is 472 g/mol. The number of amides is 3. The Labute approximate surface area is 198 Å². The van der Waals surface area contributed by atoms with E-state index in [0.717, 1.165) is 0 Å². The molecule has 1 heterocycles. The zero-order valence-electron chi connectivity index (χ0n) is 18.5. The minimum Gasteiger partial charge on any atom is -0.481 e. The molecule has 16 nitrogen and oxygen atoms in total. The van der Waals surface area contributed by atoms with Crippen LogP contribution in [0.3, 0.4) is 0 Å². The van der Waals surface area contributed by atoms with Crippen LogP contribution in [-0.2, 0) is 35.2 Å². The zero-order valence-corrected chi connectivity index (χ0v) is 18.5. The summed E-state index contributed by atoms with van der Waals surface area (Å²) in [4.78, 5) is 76.9. The van der Waals surface area contributed by atoms with E-state index in [-0.39, 0.29) is 12.8 Å². The van der Waals surface area contributed by atoms with Crippen LogP contribution in [0.1, 0.15) is 31.4 Å². The number of carboxylic acid groups (broad SMARTS) is 3. The largest absolute Gasteiger partial charge is 0.481 e. The number of hydrogen-bond donors (Lipinski definition) is 9. The van der Waals surface area contributed by atoms with Crippen molar-refractivity contribution in [3.05, 3.63) is 18.2 Å². The fourth-order valence-electron chi connectivity index (χ4n) is 2.78. The Bertz CT molecular complexity index is 906. The van der Waals surface area contributed by atoms with Gasteiger partial charge in [0.15, 0.2) is 0 Å². The van der Waals surface area contributed by atoms with Gasteiger partial charge in [0.05, 0.1) is 19.0 Å². The van der Waals surface area contributed by atoms with Gasteiger partial charge < -0.3 is 47.1 Å². The van der Waals surface area contributed by atoms with Crippen LogP contribution in [-0.4, -0.2) is 96.8 Å². The number of carbonyl (C=O) groups excluding carboxylic acids is 3. The molecule has 1 rings (SSSR count). The number of nitrogens with two attached hydrogens (primary N) is 1. The number of aliphatic hydroxyl groups is 1. The second-order valence-electron chi connectivity index (χ2n) is 7.46. The third kappa shape index (κ3) is 10.6. The van der Waals surface area contributed by atoms with Crippen molar-refractivity contribution in [2.75, 3.05) is 6.61 Å². The van der Waals surface area contributed by atoms with Crippen LogP contribution >= 0.6 is 0 Å². The number of nitrogens with one attached hydrogen (secondary N) is 4. The first kappa shape index (κ1) is 29.0. The summed E-state index contributed by atoms with van der Waals surface area (Å²) in [6.07, 6.45) is 0.845. The Morgan fingerprint density at radius 1 is 0.857 bits per heavy atom. The first-order valence-electron chi connectivity index (χ1n) is 10.4. The van der Waals surface area contributed by atoms with E-state index in [0.29, 0.717) is 5.69 Å². The van der Waals surface area contributed by atoms with Gasteiger partial charge in [-0.2, -0.15) is 0 Å². The highest BCUT2D eigenvalue weighted by Crippen LogP contribution is 2.04. The molecule has 0 fully saturated rings. The molecule has 0 radical (unpaired) electrons. The van der Waals surface area contributed by atoms with Crippen LogP contribution in [0.5, 0.6) is 0 Å².